The fourth-order valence-electron chi connectivity index (χ4n) is 1.41. The van der Waals surface area contributed by atoms with Crippen molar-refractivity contribution in [2.75, 3.05) is 26.7 Å². The number of hydrogen-bond donors (Lipinski definition) is 2. The van der Waals surface area contributed by atoms with Crippen molar-refractivity contribution in [1.82, 2.24) is 15.5 Å². The molecule has 0 bridgehead atoms. The molecule has 0 atom stereocenters. The molecule has 1 amide bonds. The highest BCUT2D eigenvalue weighted by Crippen LogP contribution is 2.08. The van der Waals surface area contributed by atoms with E-state index < -0.39 is 5.60 Å². The molecule has 0 rings (SSSR count). The molecule has 0 aliphatic heterocycles. The Labute approximate surface area is 152 Å². The topological polar surface area (TPSA) is 66.0 Å². The zero-order valence-corrected chi connectivity index (χ0v) is 17.6. The van der Waals surface area contributed by atoms with Gasteiger partial charge in [-0.3, -0.25) is 4.99 Å². The number of guanidine groups is 1. The lowest BCUT2D eigenvalue weighted by Crippen LogP contribution is -2.47. The highest BCUT2D eigenvalue weighted by Gasteiger charge is 2.19. The molecular formula is C15H33IN4O2. The van der Waals surface area contributed by atoms with E-state index in [1.807, 2.05) is 27.7 Å². The molecule has 7 heteroatoms. The van der Waals surface area contributed by atoms with Gasteiger partial charge in [0, 0.05) is 25.7 Å². The number of rotatable bonds is 4. The molecule has 0 aromatic carbocycles. The van der Waals surface area contributed by atoms with E-state index >= 15 is 0 Å². The maximum absolute atomic E-state index is 11.8. The Balaban J connectivity index is 0. The predicted octanol–water partition coefficient (Wildman–Crippen LogP) is 2.82. The second-order valence-corrected chi connectivity index (χ2v) is 7.04. The van der Waals surface area contributed by atoms with E-state index in [9.17, 15) is 4.79 Å². The van der Waals surface area contributed by atoms with Crippen LogP contribution in [0.5, 0.6) is 0 Å². The van der Waals surface area contributed by atoms with Crippen molar-refractivity contribution in [2.24, 2.45) is 4.99 Å². The maximum Gasteiger partial charge on any atom is 0.410 e. The third-order valence-electron chi connectivity index (χ3n) is 2.25. The monoisotopic (exact) mass is 428 g/mol. The summed E-state index contributed by atoms with van der Waals surface area (Å²) in [5.41, 5.74) is -0.532. The molecule has 0 heterocycles. The van der Waals surface area contributed by atoms with Crippen LogP contribution in [0.1, 0.15) is 48.5 Å². The molecule has 0 aromatic rings. The molecular weight excluding hydrogens is 395 g/mol. The number of amides is 1. The summed E-state index contributed by atoms with van der Waals surface area (Å²) in [6, 6.07) is 0. The second-order valence-electron chi connectivity index (χ2n) is 7.04. The highest BCUT2D eigenvalue weighted by atomic mass is 127. The number of nitrogens with zero attached hydrogens (tertiary/aromatic N) is 2. The van der Waals surface area contributed by atoms with Gasteiger partial charge in [0.2, 0.25) is 0 Å². The minimum atomic E-state index is -0.475. The van der Waals surface area contributed by atoms with Gasteiger partial charge in [-0.2, -0.15) is 0 Å². The van der Waals surface area contributed by atoms with Gasteiger partial charge in [0.25, 0.3) is 0 Å². The zero-order chi connectivity index (χ0) is 16.7. The van der Waals surface area contributed by atoms with E-state index in [0.717, 1.165) is 12.5 Å². The van der Waals surface area contributed by atoms with E-state index in [1.54, 1.807) is 7.05 Å². The SMILES string of the molecule is CCNC(=NCCN(C)C(=O)OC(C)(C)C)NC(C)(C)C.I. The molecule has 0 spiro atoms. The van der Waals surface area contributed by atoms with E-state index in [0.29, 0.717) is 13.1 Å². The molecule has 0 saturated heterocycles. The van der Waals surface area contributed by atoms with Gasteiger partial charge >= 0.3 is 6.09 Å². The van der Waals surface area contributed by atoms with Crippen LogP contribution < -0.4 is 10.6 Å². The van der Waals surface area contributed by atoms with Gasteiger partial charge in [0.15, 0.2) is 5.96 Å². The van der Waals surface area contributed by atoms with Crippen molar-refractivity contribution in [2.45, 2.75) is 59.6 Å². The van der Waals surface area contributed by atoms with Crippen molar-refractivity contribution < 1.29 is 9.53 Å². The Morgan fingerprint density at radius 1 is 1.18 bits per heavy atom. The maximum atomic E-state index is 11.8. The lowest BCUT2D eigenvalue weighted by atomic mass is 10.1. The smallest absolute Gasteiger partial charge is 0.410 e. The molecule has 0 aliphatic carbocycles. The van der Waals surface area contributed by atoms with Crippen LogP contribution in [0.4, 0.5) is 4.79 Å². The molecule has 0 radical (unpaired) electrons. The Morgan fingerprint density at radius 2 is 1.73 bits per heavy atom. The summed E-state index contributed by atoms with van der Waals surface area (Å²) in [6.07, 6.45) is -0.327. The molecule has 0 aromatic heterocycles. The lowest BCUT2D eigenvalue weighted by Gasteiger charge is -2.25. The molecule has 6 nitrogen and oxygen atoms in total. The number of halogens is 1. The predicted molar refractivity (Wildman–Crippen MR) is 103 cm³/mol. The summed E-state index contributed by atoms with van der Waals surface area (Å²) < 4.78 is 5.29. The number of ether oxygens (including phenoxy) is 1. The van der Waals surface area contributed by atoms with Crippen molar-refractivity contribution >= 4 is 36.0 Å². The fraction of sp³-hybridized carbons (Fsp3) is 0.867. The van der Waals surface area contributed by atoms with Crippen LogP contribution in [0.3, 0.4) is 0 Å². The van der Waals surface area contributed by atoms with Gasteiger partial charge in [-0.15, -0.1) is 24.0 Å². The Kier molecular flexibility index (Phi) is 10.8. The summed E-state index contributed by atoms with van der Waals surface area (Å²) in [7, 11) is 1.72. The number of nitrogens with one attached hydrogen (secondary N) is 2. The third kappa shape index (κ3) is 13.0. The molecule has 132 valence electrons. The van der Waals surface area contributed by atoms with Crippen LogP contribution in [0.25, 0.3) is 0 Å². The van der Waals surface area contributed by atoms with E-state index in [4.69, 9.17) is 4.74 Å². The van der Waals surface area contributed by atoms with Gasteiger partial charge < -0.3 is 20.3 Å². The standard InChI is InChI=1S/C15H32N4O2.HI/c1-9-16-12(18-14(2,3)4)17-10-11-19(8)13(20)21-15(5,6)7;/h9-11H2,1-8H3,(H2,16,17,18);1H. The minimum Gasteiger partial charge on any atom is -0.444 e. The number of carbonyl (C=O) groups excluding carboxylic acids is 1. The van der Waals surface area contributed by atoms with Crippen molar-refractivity contribution in [3.8, 4) is 0 Å². The first-order chi connectivity index (χ1) is 9.44. The van der Waals surface area contributed by atoms with E-state index in [-0.39, 0.29) is 35.6 Å². The van der Waals surface area contributed by atoms with Crippen LogP contribution in [0.15, 0.2) is 4.99 Å². The molecule has 0 fully saturated rings. The lowest BCUT2D eigenvalue weighted by molar-refractivity contribution is 0.0304. The van der Waals surface area contributed by atoms with Crippen LogP contribution >= 0.6 is 24.0 Å². The fourth-order valence-corrected chi connectivity index (χ4v) is 1.41. The second kappa shape index (κ2) is 10.1. The third-order valence-corrected chi connectivity index (χ3v) is 2.25. The molecule has 22 heavy (non-hydrogen) atoms. The largest absolute Gasteiger partial charge is 0.444 e. The summed E-state index contributed by atoms with van der Waals surface area (Å²) in [6.45, 7) is 15.6. The van der Waals surface area contributed by atoms with Gasteiger partial charge in [-0.25, -0.2) is 4.79 Å². The quantitative estimate of drug-likeness (QED) is 0.411. The first-order valence-electron chi connectivity index (χ1n) is 7.45. The van der Waals surface area contributed by atoms with E-state index in [1.165, 1.54) is 4.90 Å². The summed E-state index contributed by atoms with van der Waals surface area (Å²) in [4.78, 5) is 17.8. The molecule has 0 saturated carbocycles. The summed E-state index contributed by atoms with van der Waals surface area (Å²) >= 11 is 0. The molecule has 0 unspecified atom stereocenters. The minimum absolute atomic E-state index is 0. The van der Waals surface area contributed by atoms with Gasteiger partial charge in [0.1, 0.15) is 5.60 Å². The average Bonchev–Trinajstić information content (AvgIpc) is 2.24. The number of aliphatic imine (C=N–C) groups is 1. The van der Waals surface area contributed by atoms with Crippen LogP contribution in [-0.2, 0) is 4.74 Å². The molecule has 0 aliphatic rings. The first-order valence-corrected chi connectivity index (χ1v) is 7.45. The van der Waals surface area contributed by atoms with Gasteiger partial charge in [-0.1, -0.05) is 0 Å². The Hall–Kier alpha value is -0.730. The van der Waals surface area contributed by atoms with E-state index in [2.05, 4.69) is 36.4 Å². The van der Waals surface area contributed by atoms with Crippen LogP contribution in [-0.4, -0.2) is 54.8 Å². The van der Waals surface area contributed by atoms with Crippen molar-refractivity contribution in [3.05, 3.63) is 0 Å². The zero-order valence-electron chi connectivity index (χ0n) is 15.2. The highest BCUT2D eigenvalue weighted by molar-refractivity contribution is 14.0. The van der Waals surface area contributed by atoms with Gasteiger partial charge in [0.05, 0.1) is 6.54 Å². The Bertz CT molecular complexity index is 360. The number of likely N-dealkylation sites (N-methyl/N-ethyl adjacent to an activating group) is 1. The average molecular weight is 428 g/mol. The van der Waals surface area contributed by atoms with Gasteiger partial charge in [-0.05, 0) is 48.5 Å². The normalized spacial score (nSPS) is 12.3. The summed E-state index contributed by atoms with van der Waals surface area (Å²) in [5.74, 6) is 0.752. The number of carbonyl (C=O) groups is 1. The van der Waals surface area contributed by atoms with Crippen LogP contribution in [0.2, 0.25) is 0 Å². The Morgan fingerprint density at radius 3 is 2.14 bits per heavy atom. The van der Waals surface area contributed by atoms with Crippen molar-refractivity contribution in [3.63, 3.8) is 0 Å². The van der Waals surface area contributed by atoms with Crippen LogP contribution in [0, 0.1) is 0 Å². The number of hydrogen-bond acceptors (Lipinski definition) is 3. The van der Waals surface area contributed by atoms with Crippen molar-refractivity contribution in [1.29, 1.82) is 0 Å². The summed E-state index contributed by atoms with van der Waals surface area (Å²) in [5, 5.41) is 6.49. The molecule has 2 N–H and O–H groups in total. The first kappa shape index (κ1) is 23.5.